The van der Waals surface area contributed by atoms with Crippen molar-refractivity contribution >= 4 is 32.5 Å². The van der Waals surface area contributed by atoms with Crippen molar-refractivity contribution in [2.24, 2.45) is 0 Å². The molecule has 0 bridgehead atoms. The molecule has 11 heteroatoms. The van der Waals surface area contributed by atoms with Crippen LogP contribution >= 0.6 is 0 Å². The van der Waals surface area contributed by atoms with Crippen LogP contribution in [-0.4, -0.2) is 35.7 Å². The second-order valence-electron chi connectivity index (χ2n) is 8.32. The highest BCUT2D eigenvalue weighted by Gasteiger charge is 2.21. The molecule has 1 aliphatic heterocycles. The fourth-order valence-electron chi connectivity index (χ4n) is 3.98. The number of anilines is 1. The summed E-state index contributed by atoms with van der Waals surface area (Å²) in [5, 5.41) is 10.6. The number of nitrogens with one attached hydrogen (secondary N) is 3. The van der Waals surface area contributed by atoms with Crippen LogP contribution in [0.1, 0.15) is 16.8 Å². The molecule has 3 N–H and O–H groups in total. The lowest BCUT2D eigenvalue weighted by molar-refractivity contribution is -0.121. The lowest BCUT2D eigenvalue weighted by Gasteiger charge is -2.14. The van der Waals surface area contributed by atoms with Crippen LogP contribution in [0.25, 0.3) is 10.9 Å². The van der Waals surface area contributed by atoms with E-state index in [4.69, 9.17) is 4.74 Å². The van der Waals surface area contributed by atoms with Gasteiger partial charge in [0.1, 0.15) is 18.0 Å². The van der Waals surface area contributed by atoms with Gasteiger partial charge in [-0.05, 0) is 60.5 Å². The van der Waals surface area contributed by atoms with E-state index in [1.165, 1.54) is 16.7 Å². The standard InChI is InChI=1S/C24H23N5O5S/c1-15-2-5-21(28-35(32,33)19-4-7-22-17(11-19)8-9-34-22)24(31)29(15)14-23(30)25-12-16-3-6-20-18(10-16)13-26-27-20/h2-7,10-11,13,28H,8-9,12,14H2,1H3,(H,25,30)(H,26,27). The molecule has 2 aromatic carbocycles. The second kappa shape index (κ2) is 8.91. The van der Waals surface area contributed by atoms with Crippen LogP contribution in [0.15, 0.2) is 64.4 Å². The van der Waals surface area contributed by atoms with Gasteiger partial charge in [-0.15, -0.1) is 0 Å². The van der Waals surface area contributed by atoms with E-state index in [-0.39, 0.29) is 29.6 Å². The van der Waals surface area contributed by atoms with Gasteiger partial charge < -0.3 is 14.6 Å². The summed E-state index contributed by atoms with van der Waals surface area (Å²) >= 11 is 0. The molecule has 180 valence electrons. The minimum absolute atomic E-state index is 0.0422. The van der Waals surface area contributed by atoms with Gasteiger partial charge in [0.05, 0.1) is 23.2 Å². The normalized spacial score (nSPS) is 12.8. The van der Waals surface area contributed by atoms with Crippen molar-refractivity contribution < 1.29 is 17.9 Å². The molecular weight excluding hydrogens is 470 g/mol. The molecule has 5 rings (SSSR count). The number of hydrogen-bond donors (Lipinski definition) is 3. The first-order valence-corrected chi connectivity index (χ1v) is 12.5. The molecule has 0 aliphatic carbocycles. The Kier molecular flexibility index (Phi) is 5.77. The van der Waals surface area contributed by atoms with E-state index in [0.29, 0.717) is 24.5 Å². The highest BCUT2D eigenvalue weighted by Crippen LogP contribution is 2.28. The molecule has 0 spiro atoms. The Hall–Kier alpha value is -4.12. The van der Waals surface area contributed by atoms with Gasteiger partial charge >= 0.3 is 0 Å². The van der Waals surface area contributed by atoms with E-state index in [1.54, 1.807) is 31.3 Å². The van der Waals surface area contributed by atoms with Gasteiger partial charge in [-0.2, -0.15) is 5.10 Å². The second-order valence-corrected chi connectivity index (χ2v) is 10.0. The molecule has 2 aromatic heterocycles. The molecule has 0 saturated heterocycles. The fraction of sp³-hybridized carbons (Fsp3) is 0.208. The third-order valence-corrected chi connectivity index (χ3v) is 7.27. The molecule has 1 amide bonds. The van der Waals surface area contributed by atoms with E-state index < -0.39 is 15.6 Å². The van der Waals surface area contributed by atoms with E-state index in [0.717, 1.165) is 22.0 Å². The first-order chi connectivity index (χ1) is 16.8. The summed E-state index contributed by atoms with van der Waals surface area (Å²) in [7, 11) is -4.00. The molecule has 0 atom stereocenters. The maximum atomic E-state index is 13.0. The van der Waals surface area contributed by atoms with Crippen molar-refractivity contribution in [2.45, 2.75) is 31.3 Å². The van der Waals surface area contributed by atoms with Crippen LogP contribution in [0.3, 0.4) is 0 Å². The van der Waals surface area contributed by atoms with E-state index >= 15 is 0 Å². The summed E-state index contributed by atoms with van der Waals surface area (Å²) in [5.41, 5.74) is 2.38. The van der Waals surface area contributed by atoms with Crippen LogP contribution < -0.4 is 20.3 Å². The molecule has 0 saturated carbocycles. The summed E-state index contributed by atoms with van der Waals surface area (Å²) < 4.78 is 34.9. The van der Waals surface area contributed by atoms with E-state index in [2.05, 4.69) is 20.2 Å². The monoisotopic (exact) mass is 493 g/mol. The summed E-state index contributed by atoms with van der Waals surface area (Å²) in [5.74, 6) is 0.290. The predicted molar refractivity (Wildman–Crippen MR) is 130 cm³/mol. The number of carbonyl (C=O) groups is 1. The highest BCUT2D eigenvalue weighted by molar-refractivity contribution is 7.92. The molecule has 35 heavy (non-hydrogen) atoms. The predicted octanol–water partition coefficient (Wildman–Crippen LogP) is 2.09. The minimum Gasteiger partial charge on any atom is -0.493 e. The number of pyridine rings is 1. The smallest absolute Gasteiger partial charge is 0.275 e. The largest absolute Gasteiger partial charge is 0.493 e. The molecule has 1 aliphatic rings. The van der Waals surface area contributed by atoms with Gasteiger partial charge in [-0.3, -0.25) is 19.4 Å². The Balaban J connectivity index is 1.30. The zero-order valence-corrected chi connectivity index (χ0v) is 19.7. The molecule has 3 heterocycles. The van der Waals surface area contributed by atoms with Crippen LogP contribution in [0.2, 0.25) is 0 Å². The molecular formula is C24H23N5O5S. The van der Waals surface area contributed by atoms with Crippen LogP contribution in [0.4, 0.5) is 5.69 Å². The zero-order valence-electron chi connectivity index (χ0n) is 18.9. The van der Waals surface area contributed by atoms with Crippen molar-refractivity contribution in [1.29, 1.82) is 0 Å². The Morgan fingerprint density at radius 3 is 2.89 bits per heavy atom. The van der Waals surface area contributed by atoms with Gasteiger partial charge in [0.2, 0.25) is 5.91 Å². The number of sulfonamides is 1. The lowest BCUT2D eigenvalue weighted by Crippen LogP contribution is -2.34. The summed E-state index contributed by atoms with van der Waals surface area (Å²) in [6.45, 7) is 2.22. The molecule has 4 aromatic rings. The Bertz CT molecular complexity index is 1610. The summed E-state index contributed by atoms with van der Waals surface area (Å²) in [6.07, 6.45) is 2.33. The van der Waals surface area contributed by atoms with Crippen LogP contribution in [0, 0.1) is 6.92 Å². The topological polar surface area (TPSA) is 135 Å². The Labute approximate surface area is 201 Å². The lowest BCUT2D eigenvalue weighted by atomic mass is 10.1. The fourth-order valence-corrected chi connectivity index (χ4v) is 5.09. The van der Waals surface area contributed by atoms with Crippen molar-refractivity contribution in [3.63, 3.8) is 0 Å². The van der Waals surface area contributed by atoms with Gasteiger partial charge in [0, 0.05) is 24.0 Å². The van der Waals surface area contributed by atoms with Crippen molar-refractivity contribution in [2.75, 3.05) is 11.3 Å². The number of benzene rings is 2. The van der Waals surface area contributed by atoms with Crippen LogP contribution in [-0.2, 0) is 34.3 Å². The number of fused-ring (bicyclic) bond motifs is 2. The number of aromatic nitrogens is 3. The minimum atomic E-state index is -4.00. The number of H-pyrrole nitrogens is 1. The van der Waals surface area contributed by atoms with Gasteiger partial charge in [-0.25, -0.2) is 8.42 Å². The van der Waals surface area contributed by atoms with Crippen molar-refractivity contribution in [3.8, 4) is 5.75 Å². The number of ether oxygens (including phenoxy) is 1. The SMILES string of the molecule is Cc1ccc(NS(=O)(=O)c2ccc3c(c2)CCO3)c(=O)n1CC(=O)NCc1ccc2[nH]ncc2c1. The number of rotatable bonds is 7. The summed E-state index contributed by atoms with van der Waals surface area (Å²) in [6, 6.07) is 13.3. The third-order valence-electron chi connectivity index (χ3n) is 5.90. The van der Waals surface area contributed by atoms with Crippen molar-refractivity contribution in [1.82, 2.24) is 20.1 Å². The average Bonchev–Trinajstić information content (AvgIpc) is 3.50. The number of aromatic amines is 1. The highest BCUT2D eigenvalue weighted by atomic mass is 32.2. The number of carbonyl (C=O) groups excluding carboxylic acids is 1. The van der Waals surface area contributed by atoms with Crippen LogP contribution in [0.5, 0.6) is 5.75 Å². The number of aryl methyl sites for hydroxylation is 1. The summed E-state index contributed by atoms with van der Waals surface area (Å²) in [4.78, 5) is 25.7. The zero-order chi connectivity index (χ0) is 24.6. The molecule has 0 fully saturated rings. The van der Waals surface area contributed by atoms with Gasteiger partial charge in [0.15, 0.2) is 0 Å². The average molecular weight is 494 g/mol. The molecule has 0 radical (unpaired) electrons. The number of amides is 1. The molecule has 10 nitrogen and oxygen atoms in total. The van der Waals surface area contributed by atoms with Crippen molar-refractivity contribution in [3.05, 3.63) is 81.9 Å². The quantitative estimate of drug-likeness (QED) is 0.361. The van der Waals surface area contributed by atoms with E-state index in [1.807, 2.05) is 18.2 Å². The number of nitrogens with zero attached hydrogens (tertiary/aromatic N) is 2. The Morgan fingerprint density at radius 1 is 1.17 bits per heavy atom. The number of hydrogen-bond acceptors (Lipinski definition) is 6. The van der Waals surface area contributed by atoms with Gasteiger partial charge in [0.25, 0.3) is 15.6 Å². The van der Waals surface area contributed by atoms with Gasteiger partial charge in [-0.1, -0.05) is 6.07 Å². The first kappa shape index (κ1) is 22.7. The molecule has 0 unspecified atom stereocenters. The van der Waals surface area contributed by atoms with E-state index in [9.17, 15) is 18.0 Å². The maximum absolute atomic E-state index is 13.0. The maximum Gasteiger partial charge on any atom is 0.275 e. The first-order valence-electron chi connectivity index (χ1n) is 11.0. The third kappa shape index (κ3) is 4.62. The Morgan fingerprint density at radius 2 is 2.03 bits per heavy atom.